The topological polar surface area (TPSA) is 16.1 Å². The molecule has 0 aliphatic carbocycles. The second-order valence-electron chi connectivity index (χ2n) is 4.10. The average Bonchev–Trinajstić information content (AvgIpc) is 2.32. The molecule has 17 heavy (non-hydrogen) atoms. The van der Waals surface area contributed by atoms with Gasteiger partial charge in [-0.3, -0.25) is 0 Å². The van der Waals surface area contributed by atoms with Crippen molar-refractivity contribution in [3.63, 3.8) is 0 Å². The summed E-state index contributed by atoms with van der Waals surface area (Å²) in [7, 11) is 1.91. The van der Waals surface area contributed by atoms with Gasteiger partial charge in [-0.2, -0.15) is 4.39 Å². The Bertz CT molecular complexity index is 511. The van der Waals surface area contributed by atoms with E-state index >= 15 is 0 Å². The van der Waals surface area contributed by atoms with E-state index in [2.05, 4.69) is 24.0 Å². The smallest absolute Gasteiger partial charge is 0.214 e. The summed E-state index contributed by atoms with van der Waals surface area (Å²) in [5, 5.41) is 0. The first-order chi connectivity index (χ1) is 8.16. The molecule has 88 valence electrons. The van der Waals surface area contributed by atoms with Crippen molar-refractivity contribution in [3.8, 4) is 0 Å². The molecule has 3 heteroatoms. The van der Waals surface area contributed by atoms with Gasteiger partial charge in [-0.05, 0) is 30.2 Å². The summed E-state index contributed by atoms with van der Waals surface area (Å²) < 4.78 is 13.0. The van der Waals surface area contributed by atoms with Gasteiger partial charge in [-0.15, -0.1) is 0 Å². The molecule has 0 amide bonds. The highest BCUT2D eigenvalue weighted by Crippen LogP contribution is 2.15. The number of rotatable bonds is 3. The summed E-state index contributed by atoms with van der Waals surface area (Å²) in [5.74, 6) is 0.201. The number of hydrogen-bond donors (Lipinski definition) is 0. The van der Waals surface area contributed by atoms with Gasteiger partial charge in [0.25, 0.3) is 0 Å². The molecule has 0 saturated heterocycles. The summed E-state index contributed by atoms with van der Waals surface area (Å²) >= 11 is 0. The van der Waals surface area contributed by atoms with Gasteiger partial charge >= 0.3 is 0 Å². The van der Waals surface area contributed by atoms with Crippen LogP contribution in [0.3, 0.4) is 0 Å². The van der Waals surface area contributed by atoms with E-state index in [-0.39, 0.29) is 0 Å². The number of aryl methyl sites for hydroxylation is 1. The molecular weight excluding hydrogens is 215 g/mol. The van der Waals surface area contributed by atoms with E-state index in [0.29, 0.717) is 5.82 Å². The lowest BCUT2D eigenvalue weighted by Gasteiger charge is -2.19. The predicted octanol–water partition coefficient (Wildman–Crippen LogP) is 3.17. The van der Waals surface area contributed by atoms with E-state index in [1.54, 1.807) is 12.1 Å². The van der Waals surface area contributed by atoms with Gasteiger partial charge in [-0.25, -0.2) is 4.98 Å². The maximum absolute atomic E-state index is 13.0. The van der Waals surface area contributed by atoms with E-state index < -0.39 is 5.95 Å². The van der Waals surface area contributed by atoms with Gasteiger partial charge in [0, 0.05) is 13.6 Å². The van der Waals surface area contributed by atoms with Gasteiger partial charge in [0.05, 0.1) is 0 Å². The number of halogens is 1. The molecule has 0 unspecified atom stereocenters. The third kappa shape index (κ3) is 2.81. The first-order valence-corrected chi connectivity index (χ1v) is 5.55. The van der Waals surface area contributed by atoms with Gasteiger partial charge in [0.1, 0.15) is 5.82 Å². The van der Waals surface area contributed by atoms with Crippen molar-refractivity contribution in [3.05, 3.63) is 59.5 Å². The van der Waals surface area contributed by atoms with Crippen LogP contribution in [0.25, 0.3) is 0 Å². The summed E-state index contributed by atoms with van der Waals surface area (Å²) in [4.78, 5) is 5.79. The van der Waals surface area contributed by atoms with E-state index in [1.807, 2.05) is 24.1 Å². The Kier molecular flexibility index (Phi) is 3.38. The van der Waals surface area contributed by atoms with Crippen LogP contribution in [-0.4, -0.2) is 12.0 Å². The van der Waals surface area contributed by atoms with Crippen LogP contribution in [0.1, 0.15) is 11.1 Å². The highest BCUT2D eigenvalue weighted by atomic mass is 19.1. The fourth-order valence-corrected chi connectivity index (χ4v) is 1.73. The van der Waals surface area contributed by atoms with Gasteiger partial charge in [-0.1, -0.05) is 30.3 Å². The SMILES string of the molecule is Cc1ccccc1CN(C)c1cccc(F)n1. The number of hydrogen-bond acceptors (Lipinski definition) is 2. The molecule has 0 saturated carbocycles. The minimum atomic E-state index is -0.445. The Morgan fingerprint density at radius 2 is 1.88 bits per heavy atom. The molecule has 0 fully saturated rings. The first kappa shape index (κ1) is 11.6. The molecule has 1 aromatic carbocycles. The Morgan fingerprint density at radius 1 is 1.12 bits per heavy atom. The van der Waals surface area contributed by atoms with Crippen LogP contribution >= 0.6 is 0 Å². The molecule has 1 aromatic heterocycles. The second-order valence-corrected chi connectivity index (χ2v) is 4.10. The van der Waals surface area contributed by atoms with E-state index in [0.717, 1.165) is 6.54 Å². The largest absolute Gasteiger partial charge is 0.355 e. The second kappa shape index (κ2) is 4.95. The molecule has 1 heterocycles. The summed E-state index contributed by atoms with van der Waals surface area (Å²) in [6.45, 7) is 2.80. The Morgan fingerprint density at radius 3 is 2.59 bits per heavy atom. The van der Waals surface area contributed by atoms with Gasteiger partial charge in [0.15, 0.2) is 0 Å². The molecule has 0 aliphatic rings. The molecule has 0 spiro atoms. The molecular formula is C14H15FN2. The summed E-state index contributed by atoms with van der Waals surface area (Å²) in [5.41, 5.74) is 2.46. The minimum Gasteiger partial charge on any atom is -0.355 e. The molecule has 2 nitrogen and oxygen atoms in total. The third-order valence-electron chi connectivity index (χ3n) is 2.76. The van der Waals surface area contributed by atoms with Crippen molar-refractivity contribution in [2.75, 3.05) is 11.9 Å². The Hall–Kier alpha value is -1.90. The summed E-state index contributed by atoms with van der Waals surface area (Å²) in [6, 6.07) is 13.0. The van der Waals surface area contributed by atoms with Crippen molar-refractivity contribution < 1.29 is 4.39 Å². The molecule has 2 aromatic rings. The normalized spacial score (nSPS) is 10.3. The van der Waals surface area contributed by atoms with Crippen molar-refractivity contribution in [1.82, 2.24) is 4.98 Å². The number of pyridine rings is 1. The lowest BCUT2D eigenvalue weighted by atomic mass is 10.1. The fraction of sp³-hybridized carbons (Fsp3) is 0.214. The molecule has 0 N–H and O–H groups in total. The van der Waals surface area contributed by atoms with Gasteiger partial charge in [0.2, 0.25) is 5.95 Å². The predicted molar refractivity (Wildman–Crippen MR) is 67.5 cm³/mol. The Labute approximate surface area is 101 Å². The zero-order valence-corrected chi connectivity index (χ0v) is 10.0. The molecule has 0 atom stereocenters. The summed E-state index contributed by atoms with van der Waals surface area (Å²) in [6.07, 6.45) is 0. The maximum atomic E-state index is 13.0. The average molecular weight is 230 g/mol. The molecule has 2 rings (SSSR count). The van der Waals surface area contributed by atoms with Crippen LogP contribution in [0.2, 0.25) is 0 Å². The minimum absolute atomic E-state index is 0.445. The standard InChI is InChI=1S/C14H15FN2/c1-11-6-3-4-7-12(11)10-17(2)14-9-5-8-13(15)16-14/h3-9H,10H2,1-2H3. The quantitative estimate of drug-likeness (QED) is 0.753. The fourth-order valence-electron chi connectivity index (χ4n) is 1.73. The molecule has 0 radical (unpaired) electrons. The van der Waals surface area contributed by atoms with Crippen LogP contribution in [0, 0.1) is 12.9 Å². The number of anilines is 1. The van der Waals surface area contributed by atoms with Crippen LogP contribution in [0.15, 0.2) is 42.5 Å². The lowest BCUT2D eigenvalue weighted by molar-refractivity contribution is 0.582. The maximum Gasteiger partial charge on any atom is 0.214 e. The first-order valence-electron chi connectivity index (χ1n) is 5.55. The highest BCUT2D eigenvalue weighted by molar-refractivity contribution is 5.39. The van der Waals surface area contributed by atoms with Crippen molar-refractivity contribution in [2.45, 2.75) is 13.5 Å². The lowest BCUT2D eigenvalue weighted by Crippen LogP contribution is -2.18. The van der Waals surface area contributed by atoms with Gasteiger partial charge < -0.3 is 4.90 Å². The van der Waals surface area contributed by atoms with Crippen molar-refractivity contribution in [2.24, 2.45) is 0 Å². The number of aromatic nitrogens is 1. The van der Waals surface area contributed by atoms with Crippen LogP contribution in [0.4, 0.5) is 10.2 Å². The zero-order valence-electron chi connectivity index (χ0n) is 10.0. The van der Waals surface area contributed by atoms with Crippen molar-refractivity contribution >= 4 is 5.82 Å². The monoisotopic (exact) mass is 230 g/mol. The number of benzene rings is 1. The van der Waals surface area contributed by atoms with Crippen LogP contribution in [-0.2, 0) is 6.54 Å². The van der Waals surface area contributed by atoms with E-state index in [1.165, 1.54) is 17.2 Å². The van der Waals surface area contributed by atoms with Crippen LogP contribution < -0.4 is 4.90 Å². The highest BCUT2D eigenvalue weighted by Gasteiger charge is 2.05. The van der Waals surface area contributed by atoms with E-state index in [9.17, 15) is 4.39 Å². The third-order valence-corrected chi connectivity index (χ3v) is 2.76. The Balaban J connectivity index is 2.17. The van der Waals surface area contributed by atoms with Crippen LogP contribution in [0.5, 0.6) is 0 Å². The zero-order chi connectivity index (χ0) is 12.3. The van der Waals surface area contributed by atoms with Crippen molar-refractivity contribution in [1.29, 1.82) is 0 Å². The molecule has 0 bridgehead atoms. The molecule has 0 aliphatic heterocycles. The van der Waals surface area contributed by atoms with E-state index in [4.69, 9.17) is 0 Å². The number of nitrogens with zero attached hydrogens (tertiary/aromatic N) is 2.